The summed E-state index contributed by atoms with van der Waals surface area (Å²) >= 11 is 0. The van der Waals surface area contributed by atoms with Gasteiger partial charge in [-0.15, -0.1) is 6.42 Å². The molecule has 0 aliphatic heterocycles. The fraction of sp³-hybridized carbons (Fsp3) is 0.308. The Morgan fingerprint density at radius 1 is 1.50 bits per heavy atom. The first kappa shape index (κ1) is 13.5. The number of terminal acetylenes is 1. The standard InChI is InChI=1S/C13H13N3O2/c1-2-8-15-13(18)11-5-6-12(17)16(10-11)9-4-3-7-14/h1,5-6,10H,3-4,8-9H2,(H,15,18). The Bertz CT molecular complexity index is 561. The average Bonchev–Trinajstić information content (AvgIpc) is 2.38. The van der Waals surface area contributed by atoms with Gasteiger partial charge in [0.25, 0.3) is 11.5 Å². The number of nitriles is 1. The van der Waals surface area contributed by atoms with Crippen LogP contribution in [0.1, 0.15) is 23.2 Å². The molecule has 0 saturated carbocycles. The van der Waals surface area contributed by atoms with Crippen LogP contribution in [-0.2, 0) is 6.54 Å². The summed E-state index contributed by atoms with van der Waals surface area (Å²) in [5.74, 6) is 1.98. The van der Waals surface area contributed by atoms with E-state index in [9.17, 15) is 9.59 Å². The zero-order valence-electron chi connectivity index (χ0n) is 9.85. The molecule has 0 bridgehead atoms. The summed E-state index contributed by atoms with van der Waals surface area (Å²) in [6.07, 6.45) is 7.47. The maximum Gasteiger partial charge on any atom is 0.253 e. The summed E-state index contributed by atoms with van der Waals surface area (Å²) in [7, 11) is 0. The Hall–Kier alpha value is -2.53. The van der Waals surface area contributed by atoms with Crippen molar-refractivity contribution in [2.75, 3.05) is 6.54 Å². The first-order valence-corrected chi connectivity index (χ1v) is 5.48. The lowest BCUT2D eigenvalue weighted by Gasteiger charge is -2.06. The number of nitrogens with zero attached hydrogens (tertiary/aromatic N) is 2. The van der Waals surface area contributed by atoms with E-state index in [0.29, 0.717) is 24.9 Å². The van der Waals surface area contributed by atoms with Gasteiger partial charge in [0, 0.05) is 25.2 Å². The quantitative estimate of drug-likeness (QED) is 0.605. The third kappa shape index (κ3) is 3.80. The van der Waals surface area contributed by atoms with E-state index in [-0.39, 0.29) is 18.0 Å². The monoisotopic (exact) mass is 243 g/mol. The lowest BCUT2D eigenvalue weighted by molar-refractivity contribution is 0.0958. The van der Waals surface area contributed by atoms with Crippen molar-refractivity contribution in [1.29, 1.82) is 5.26 Å². The van der Waals surface area contributed by atoms with Crippen molar-refractivity contribution in [3.63, 3.8) is 0 Å². The molecule has 1 rings (SSSR count). The second-order valence-electron chi connectivity index (χ2n) is 3.60. The molecule has 92 valence electrons. The molecule has 1 amide bonds. The van der Waals surface area contributed by atoms with Gasteiger partial charge in [-0.25, -0.2) is 0 Å². The molecule has 0 aliphatic rings. The van der Waals surface area contributed by atoms with Crippen LogP contribution in [-0.4, -0.2) is 17.0 Å². The molecule has 5 nitrogen and oxygen atoms in total. The SMILES string of the molecule is C#CCNC(=O)c1ccc(=O)n(CCCC#N)c1. The van der Waals surface area contributed by atoms with Crippen LogP contribution < -0.4 is 10.9 Å². The van der Waals surface area contributed by atoms with Crippen molar-refractivity contribution < 1.29 is 4.79 Å². The van der Waals surface area contributed by atoms with E-state index in [2.05, 4.69) is 11.2 Å². The van der Waals surface area contributed by atoms with Crippen LogP contribution in [0.15, 0.2) is 23.1 Å². The summed E-state index contributed by atoms with van der Waals surface area (Å²) in [6.45, 7) is 0.565. The van der Waals surface area contributed by atoms with Gasteiger partial charge in [0.1, 0.15) is 0 Å². The Morgan fingerprint density at radius 3 is 2.94 bits per heavy atom. The molecule has 1 heterocycles. The van der Waals surface area contributed by atoms with Gasteiger partial charge < -0.3 is 9.88 Å². The molecular weight excluding hydrogens is 230 g/mol. The van der Waals surface area contributed by atoms with Gasteiger partial charge in [-0.2, -0.15) is 5.26 Å². The lowest BCUT2D eigenvalue weighted by Crippen LogP contribution is -2.26. The molecule has 1 N–H and O–H groups in total. The van der Waals surface area contributed by atoms with Crippen LogP contribution in [0.25, 0.3) is 0 Å². The molecule has 0 aliphatic carbocycles. The third-order valence-electron chi connectivity index (χ3n) is 2.28. The van der Waals surface area contributed by atoms with E-state index >= 15 is 0 Å². The number of hydrogen-bond acceptors (Lipinski definition) is 3. The normalized spacial score (nSPS) is 9.22. The van der Waals surface area contributed by atoms with Crippen LogP contribution >= 0.6 is 0 Å². The minimum absolute atomic E-state index is 0.145. The molecule has 0 saturated heterocycles. The molecule has 0 unspecified atom stereocenters. The number of pyridine rings is 1. The number of nitrogens with one attached hydrogen (secondary N) is 1. The lowest BCUT2D eigenvalue weighted by atomic mass is 10.2. The van der Waals surface area contributed by atoms with E-state index in [4.69, 9.17) is 11.7 Å². The summed E-state index contributed by atoms with van der Waals surface area (Å²) in [4.78, 5) is 23.1. The van der Waals surface area contributed by atoms with E-state index < -0.39 is 0 Å². The zero-order valence-corrected chi connectivity index (χ0v) is 9.85. The molecule has 0 atom stereocenters. The summed E-state index contributed by atoms with van der Waals surface area (Å²) in [6, 6.07) is 4.79. The first-order chi connectivity index (χ1) is 8.69. The van der Waals surface area contributed by atoms with E-state index in [1.54, 1.807) is 0 Å². The van der Waals surface area contributed by atoms with Crippen LogP contribution in [0.5, 0.6) is 0 Å². The molecule has 1 aromatic heterocycles. The zero-order chi connectivity index (χ0) is 13.4. The fourth-order valence-corrected chi connectivity index (χ4v) is 1.40. The molecular formula is C13H13N3O2. The highest BCUT2D eigenvalue weighted by atomic mass is 16.1. The van der Waals surface area contributed by atoms with Crippen molar-refractivity contribution in [2.24, 2.45) is 0 Å². The van der Waals surface area contributed by atoms with E-state index in [0.717, 1.165) is 0 Å². The second kappa shape index (κ2) is 6.93. The Balaban J connectivity index is 2.81. The summed E-state index contributed by atoms with van der Waals surface area (Å²) < 4.78 is 1.42. The number of aromatic nitrogens is 1. The fourth-order valence-electron chi connectivity index (χ4n) is 1.40. The molecule has 18 heavy (non-hydrogen) atoms. The highest BCUT2D eigenvalue weighted by Gasteiger charge is 2.06. The van der Waals surface area contributed by atoms with E-state index in [1.165, 1.54) is 22.9 Å². The van der Waals surface area contributed by atoms with Crippen molar-refractivity contribution in [3.05, 3.63) is 34.2 Å². The molecule has 0 aromatic carbocycles. The van der Waals surface area contributed by atoms with Crippen molar-refractivity contribution in [1.82, 2.24) is 9.88 Å². The second-order valence-corrected chi connectivity index (χ2v) is 3.60. The maximum absolute atomic E-state index is 11.6. The van der Waals surface area contributed by atoms with Crippen LogP contribution in [0.2, 0.25) is 0 Å². The molecule has 0 radical (unpaired) electrons. The number of carbonyl (C=O) groups is 1. The molecule has 1 aromatic rings. The third-order valence-corrected chi connectivity index (χ3v) is 2.28. The Kier molecular flexibility index (Phi) is 5.21. The Labute approximate surface area is 105 Å². The molecule has 5 heteroatoms. The van der Waals surface area contributed by atoms with Gasteiger partial charge in [0.15, 0.2) is 0 Å². The van der Waals surface area contributed by atoms with Crippen LogP contribution in [0, 0.1) is 23.7 Å². The number of carbonyl (C=O) groups excluding carboxylic acids is 1. The van der Waals surface area contributed by atoms with Crippen molar-refractivity contribution in [2.45, 2.75) is 19.4 Å². The van der Waals surface area contributed by atoms with E-state index in [1.807, 2.05) is 6.07 Å². The minimum Gasteiger partial charge on any atom is -0.341 e. The van der Waals surface area contributed by atoms with Crippen molar-refractivity contribution >= 4 is 5.91 Å². The van der Waals surface area contributed by atoms with Crippen molar-refractivity contribution in [3.8, 4) is 18.4 Å². The maximum atomic E-state index is 11.6. The van der Waals surface area contributed by atoms with Gasteiger partial charge in [-0.1, -0.05) is 5.92 Å². The number of rotatable bonds is 5. The van der Waals surface area contributed by atoms with Gasteiger partial charge in [-0.05, 0) is 12.5 Å². The number of aryl methyl sites for hydroxylation is 1. The van der Waals surface area contributed by atoms with Gasteiger partial charge in [0.05, 0.1) is 18.2 Å². The number of hydrogen-bond donors (Lipinski definition) is 1. The minimum atomic E-state index is -0.318. The number of amides is 1. The summed E-state index contributed by atoms with van der Waals surface area (Å²) in [5.41, 5.74) is 0.184. The molecule has 0 fully saturated rings. The largest absolute Gasteiger partial charge is 0.341 e. The van der Waals surface area contributed by atoms with Gasteiger partial charge in [0.2, 0.25) is 0 Å². The first-order valence-electron chi connectivity index (χ1n) is 5.48. The topological polar surface area (TPSA) is 74.9 Å². The van der Waals surface area contributed by atoms with Crippen LogP contribution in [0.4, 0.5) is 0 Å². The summed E-state index contributed by atoms with van der Waals surface area (Å²) in [5, 5.41) is 11.0. The number of unbranched alkanes of at least 4 members (excludes halogenated alkanes) is 1. The predicted octanol–water partition coefficient (Wildman–Crippen LogP) is 0.515. The van der Waals surface area contributed by atoms with Gasteiger partial charge in [-0.3, -0.25) is 9.59 Å². The van der Waals surface area contributed by atoms with Crippen LogP contribution in [0.3, 0.4) is 0 Å². The smallest absolute Gasteiger partial charge is 0.253 e. The average molecular weight is 243 g/mol. The highest BCUT2D eigenvalue weighted by molar-refractivity contribution is 5.93. The van der Waals surface area contributed by atoms with Gasteiger partial charge >= 0.3 is 0 Å². The predicted molar refractivity (Wildman–Crippen MR) is 66.7 cm³/mol. The molecule has 0 spiro atoms. The Morgan fingerprint density at radius 2 is 2.28 bits per heavy atom. The highest BCUT2D eigenvalue weighted by Crippen LogP contribution is 1.98.